The van der Waals surface area contributed by atoms with Gasteiger partial charge in [-0.3, -0.25) is 5.10 Å². The van der Waals surface area contributed by atoms with E-state index in [2.05, 4.69) is 27.2 Å². The molecule has 0 bridgehead atoms. The van der Waals surface area contributed by atoms with E-state index in [4.69, 9.17) is 5.73 Å². The van der Waals surface area contributed by atoms with Crippen LogP contribution in [0.15, 0.2) is 18.2 Å². The van der Waals surface area contributed by atoms with Gasteiger partial charge >= 0.3 is 0 Å². The van der Waals surface area contributed by atoms with E-state index in [0.29, 0.717) is 5.82 Å². The largest absolute Gasteiger partial charge is 0.382 e. The van der Waals surface area contributed by atoms with E-state index in [0.717, 1.165) is 24.0 Å². The lowest BCUT2D eigenvalue weighted by molar-refractivity contribution is 0.949. The second kappa shape index (κ2) is 3.15. The van der Waals surface area contributed by atoms with E-state index in [9.17, 15) is 0 Å². The van der Waals surface area contributed by atoms with Crippen LogP contribution in [0.1, 0.15) is 12.8 Å². The van der Waals surface area contributed by atoms with Crippen molar-refractivity contribution < 1.29 is 0 Å². The zero-order chi connectivity index (χ0) is 10.3. The molecular formula is C11H14N4. The minimum absolute atomic E-state index is 0.589. The molecule has 0 radical (unpaired) electrons. The van der Waals surface area contributed by atoms with E-state index in [1.165, 1.54) is 18.5 Å². The van der Waals surface area contributed by atoms with Gasteiger partial charge in [-0.05, 0) is 31.0 Å². The molecule has 1 aliphatic rings. The first-order valence-electron chi connectivity index (χ1n) is 5.33. The van der Waals surface area contributed by atoms with Gasteiger partial charge in [0.25, 0.3) is 0 Å². The summed E-state index contributed by atoms with van der Waals surface area (Å²) in [5, 5.41) is 7.94. The fraction of sp³-hybridized carbons (Fsp3) is 0.364. The molecule has 1 fully saturated rings. The predicted molar refractivity (Wildman–Crippen MR) is 62.0 cm³/mol. The first-order valence-corrected chi connectivity index (χ1v) is 5.33. The molecule has 78 valence electrons. The topological polar surface area (TPSA) is 57.9 Å². The van der Waals surface area contributed by atoms with Crippen LogP contribution in [0.2, 0.25) is 0 Å². The molecule has 3 rings (SSSR count). The number of nitrogens with two attached hydrogens (primary N) is 1. The second-order valence-corrected chi connectivity index (χ2v) is 4.03. The first-order chi connectivity index (χ1) is 7.34. The molecule has 3 N–H and O–H groups in total. The highest BCUT2D eigenvalue weighted by molar-refractivity contribution is 5.91. The Balaban J connectivity index is 2.08. The van der Waals surface area contributed by atoms with Gasteiger partial charge in [-0.1, -0.05) is 0 Å². The van der Waals surface area contributed by atoms with Crippen molar-refractivity contribution in [3.8, 4) is 0 Å². The standard InChI is InChI=1S/C11H14N4/c12-11-9-7-8(15-5-1-2-6-15)3-4-10(9)13-14-11/h3-4,7H,1-2,5-6H2,(H3,12,13,14). The van der Waals surface area contributed by atoms with Crippen molar-refractivity contribution in [2.45, 2.75) is 12.8 Å². The SMILES string of the molecule is Nc1n[nH]c2ccc(N3CCCC3)cc12. The summed E-state index contributed by atoms with van der Waals surface area (Å²) in [6.07, 6.45) is 2.58. The number of hydrogen-bond acceptors (Lipinski definition) is 3. The predicted octanol–water partition coefficient (Wildman–Crippen LogP) is 1.75. The first kappa shape index (κ1) is 8.59. The number of nitrogens with one attached hydrogen (secondary N) is 1. The summed E-state index contributed by atoms with van der Waals surface area (Å²) in [6.45, 7) is 2.31. The fourth-order valence-electron chi connectivity index (χ4n) is 2.19. The molecule has 1 saturated heterocycles. The van der Waals surface area contributed by atoms with Crippen molar-refractivity contribution in [2.24, 2.45) is 0 Å². The molecule has 1 aliphatic heterocycles. The molecule has 1 aromatic heterocycles. The van der Waals surface area contributed by atoms with E-state index in [1.807, 2.05) is 6.07 Å². The van der Waals surface area contributed by atoms with Gasteiger partial charge < -0.3 is 10.6 Å². The summed E-state index contributed by atoms with van der Waals surface area (Å²) in [4.78, 5) is 2.39. The molecule has 4 heteroatoms. The van der Waals surface area contributed by atoms with Crippen LogP contribution in [0.3, 0.4) is 0 Å². The summed E-state index contributed by atoms with van der Waals surface area (Å²) >= 11 is 0. The lowest BCUT2D eigenvalue weighted by Crippen LogP contribution is -2.17. The highest BCUT2D eigenvalue weighted by Crippen LogP contribution is 2.26. The smallest absolute Gasteiger partial charge is 0.153 e. The Bertz CT molecular complexity index is 482. The monoisotopic (exact) mass is 202 g/mol. The Kier molecular flexibility index (Phi) is 1.80. The molecule has 4 nitrogen and oxygen atoms in total. The minimum Gasteiger partial charge on any atom is -0.382 e. The van der Waals surface area contributed by atoms with Crippen LogP contribution in [-0.4, -0.2) is 23.3 Å². The van der Waals surface area contributed by atoms with E-state index < -0.39 is 0 Å². The maximum absolute atomic E-state index is 5.78. The third-order valence-electron chi connectivity index (χ3n) is 3.05. The van der Waals surface area contributed by atoms with Crippen molar-refractivity contribution in [3.63, 3.8) is 0 Å². The number of H-pyrrole nitrogens is 1. The molecule has 0 aliphatic carbocycles. The Labute approximate surface area is 88.1 Å². The number of nitrogens with zero attached hydrogens (tertiary/aromatic N) is 2. The van der Waals surface area contributed by atoms with Crippen LogP contribution in [0, 0.1) is 0 Å². The van der Waals surface area contributed by atoms with E-state index in [-0.39, 0.29) is 0 Å². The van der Waals surface area contributed by atoms with Gasteiger partial charge in [0, 0.05) is 24.2 Å². The van der Waals surface area contributed by atoms with Crippen LogP contribution in [0.25, 0.3) is 10.9 Å². The number of benzene rings is 1. The molecule has 15 heavy (non-hydrogen) atoms. The van der Waals surface area contributed by atoms with E-state index >= 15 is 0 Å². The third-order valence-corrected chi connectivity index (χ3v) is 3.05. The third kappa shape index (κ3) is 1.33. The average Bonchev–Trinajstić information content (AvgIpc) is 2.88. The van der Waals surface area contributed by atoms with Gasteiger partial charge in [-0.2, -0.15) is 5.10 Å². The van der Waals surface area contributed by atoms with Crippen molar-refractivity contribution in [2.75, 3.05) is 23.7 Å². The number of fused-ring (bicyclic) bond motifs is 1. The second-order valence-electron chi connectivity index (χ2n) is 4.03. The highest BCUT2D eigenvalue weighted by Gasteiger charge is 2.13. The van der Waals surface area contributed by atoms with Gasteiger partial charge in [0.05, 0.1) is 5.52 Å². The van der Waals surface area contributed by atoms with Gasteiger partial charge in [0.1, 0.15) is 0 Å². The van der Waals surface area contributed by atoms with Crippen molar-refractivity contribution >= 4 is 22.4 Å². The summed E-state index contributed by atoms with van der Waals surface area (Å²) in [6, 6.07) is 6.30. The number of hydrogen-bond donors (Lipinski definition) is 2. The van der Waals surface area contributed by atoms with Gasteiger partial charge in [0.2, 0.25) is 0 Å². The minimum atomic E-state index is 0.589. The molecule has 0 unspecified atom stereocenters. The van der Waals surface area contributed by atoms with Crippen LogP contribution in [-0.2, 0) is 0 Å². The number of aromatic amines is 1. The number of rotatable bonds is 1. The van der Waals surface area contributed by atoms with Gasteiger partial charge in [-0.25, -0.2) is 0 Å². The molecule has 0 amide bonds. The Morgan fingerprint density at radius 3 is 2.87 bits per heavy atom. The molecule has 2 heterocycles. The van der Waals surface area contributed by atoms with Crippen molar-refractivity contribution in [1.82, 2.24) is 10.2 Å². The maximum Gasteiger partial charge on any atom is 0.153 e. The lowest BCUT2D eigenvalue weighted by atomic mass is 10.2. The maximum atomic E-state index is 5.78. The number of anilines is 2. The Hall–Kier alpha value is -1.71. The summed E-state index contributed by atoms with van der Waals surface area (Å²) in [5.41, 5.74) is 8.05. The normalized spacial score (nSPS) is 16.4. The van der Waals surface area contributed by atoms with Crippen LogP contribution < -0.4 is 10.6 Å². The summed E-state index contributed by atoms with van der Waals surface area (Å²) in [7, 11) is 0. The summed E-state index contributed by atoms with van der Waals surface area (Å²) < 4.78 is 0. The average molecular weight is 202 g/mol. The molecule has 2 aromatic rings. The molecule has 0 saturated carbocycles. The van der Waals surface area contributed by atoms with Gasteiger partial charge in [0.15, 0.2) is 5.82 Å². The lowest BCUT2D eigenvalue weighted by Gasteiger charge is -2.17. The van der Waals surface area contributed by atoms with Crippen molar-refractivity contribution in [1.29, 1.82) is 0 Å². The van der Waals surface area contributed by atoms with Crippen molar-refractivity contribution in [3.05, 3.63) is 18.2 Å². The summed E-state index contributed by atoms with van der Waals surface area (Å²) in [5.74, 6) is 0.589. The Morgan fingerprint density at radius 2 is 2.07 bits per heavy atom. The van der Waals surface area contributed by atoms with Crippen LogP contribution >= 0.6 is 0 Å². The molecule has 0 atom stereocenters. The van der Waals surface area contributed by atoms with Crippen LogP contribution in [0.5, 0.6) is 0 Å². The zero-order valence-electron chi connectivity index (χ0n) is 8.53. The highest BCUT2D eigenvalue weighted by atomic mass is 15.2. The Morgan fingerprint density at radius 1 is 1.27 bits per heavy atom. The van der Waals surface area contributed by atoms with E-state index in [1.54, 1.807) is 0 Å². The fourth-order valence-corrected chi connectivity index (χ4v) is 2.19. The molecule has 0 spiro atoms. The molecular weight excluding hydrogens is 188 g/mol. The quantitative estimate of drug-likeness (QED) is 0.740. The number of aromatic nitrogens is 2. The van der Waals surface area contributed by atoms with Crippen LogP contribution in [0.4, 0.5) is 11.5 Å². The molecule has 1 aromatic carbocycles. The zero-order valence-corrected chi connectivity index (χ0v) is 8.53. The van der Waals surface area contributed by atoms with Gasteiger partial charge in [-0.15, -0.1) is 0 Å². The number of nitrogen functional groups attached to an aromatic ring is 1.